The number of para-hydroxylation sites is 3. The molecule has 0 fully saturated rings. The first-order valence-electron chi connectivity index (χ1n) is 19.9. The van der Waals surface area contributed by atoms with E-state index in [1.54, 1.807) is 0 Å². The van der Waals surface area contributed by atoms with Crippen molar-refractivity contribution >= 4 is 78.5 Å². The molecule has 2 nitrogen and oxygen atoms in total. The monoisotopic (exact) mass is 728 g/mol. The van der Waals surface area contributed by atoms with Gasteiger partial charge in [-0.3, -0.25) is 0 Å². The summed E-state index contributed by atoms with van der Waals surface area (Å²) in [6.07, 6.45) is 0. The zero-order chi connectivity index (χ0) is 37.5. The fourth-order valence-corrected chi connectivity index (χ4v) is 10.5. The van der Waals surface area contributed by atoms with Gasteiger partial charge in [0.1, 0.15) is 0 Å². The molecule has 55 heavy (non-hydrogen) atoms. The average Bonchev–Trinajstić information content (AvgIpc) is 3.72. The van der Waals surface area contributed by atoms with Gasteiger partial charge in [0, 0.05) is 42.7 Å². The van der Waals surface area contributed by atoms with Crippen LogP contribution in [0.3, 0.4) is 0 Å². The van der Waals surface area contributed by atoms with Gasteiger partial charge in [0.05, 0.1) is 22.1 Å². The van der Waals surface area contributed by atoms with Crippen molar-refractivity contribution in [3.05, 3.63) is 162 Å². The van der Waals surface area contributed by atoms with Crippen LogP contribution >= 0.6 is 11.8 Å². The summed E-state index contributed by atoms with van der Waals surface area (Å²) in [6.45, 7) is 14.3. The number of hydrogen-bond acceptors (Lipinski definition) is 1. The van der Waals surface area contributed by atoms with Crippen molar-refractivity contribution in [2.45, 2.75) is 69.1 Å². The van der Waals surface area contributed by atoms with Crippen molar-refractivity contribution in [2.75, 3.05) is 0 Å². The third-order valence-corrected chi connectivity index (χ3v) is 13.1. The van der Waals surface area contributed by atoms with Crippen LogP contribution in [0, 0.1) is 0 Å². The van der Waals surface area contributed by atoms with Crippen LogP contribution in [0.15, 0.2) is 155 Å². The van der Waals surface area contributed by atoms with E-state index in [9.17, 15) is 0 Å². The van der Waals surface area contributed by atoms with E-state index < -0.39 is 0 Å². The summed E-state index contributed by atoms with van der Waals surface area (Å²) in [5.41, 5.74) is 16.0. The molecule has 0 saturated heterocycles. The minimum absolute atomic E-state index is 0.159. The van der Waals surface area contributed by atoms with E-state index in [2.05, 4.69) is 196 Å². The fraction of sp³-hybridized carbons (Fsp3) is 0.176. The Morgan fingerprint density at radius 1 is 0.455 bits per heavy atom. The Kier molecular flexibility index (Phi) is 8.12. The molecule has 10 rings (SSSR count). The van der Waals surface area contributed by atoms with Gasteiger partial charge in [0.2, 0.25) is 6.71 Å². The molecule has 0 N–H and O–H groups in total. The number of benzene rings is 7. The molecule has 9 aromatic rings. The first-order chi connectivity index (χ1) is 26.8. The molecule has 0 radical (unpaired) electrons. The van der Waals surface area contributed by atoms with Gasteiger partial charge in [-0.25, -0.2) is 0 Å². The Morgan fingerprint density at radius 2 is 1.07 bits per heavy atom. The molecule has 0 amide bonds. The molecular formula is C51H45BN2S. The molecule has 0 spiro atoms. The second-order valence-corrected chi connectivity index (χ2v) is 17.4. The highest BCUT2D eigenvalue weighted by Gasteiger charge is 2.36. The van der Waals surface area contributed by atoms with E-state index in [1.807, 2.05) is 11.8 Å². The summed E-state index contributed by atoms with van der Waals surface area (Å²) < 4.78 is 4.97. The first kappa shape index (κ1) is 34.1. The van der Waals surface area contributed by atoms with Gasteiger partial charge in [-0.1, -0.05) is 167 Å². The van der Waals surface area contributed by atoms with Crippen molar-refractivity contribution in [1.82, 2.24) is 9.13 Å². The second kappa shape index (κ2) is 13.1. The van der Waals surface area contributed by atoms with Crippen LogP contribution in [-0.4, -0.2) is 15.8 Å². The number of rotatable bonds is 6. The molecular weight excluding hydrogens is 683 g/mol. The summed E-state index contributed by atoms with van der Waals surface area (Å²) in [6, 6.07) is 54.8. The van der Waals surface area contributed by atoms with Gasteiger partial charge in [0.15, 0.2) is 0 Å². The van der Waals surface area contributed by atoms with Crippen LogP contribution in [0.2, 0.25) is 0 Å². The highest BCUT2D eigenvalue weighted by Crippen LogP contribution is 2.43. The largest absolute Gasteiger partial charge is 0.309 e. The summed E-state index contributed by atoms with van der Waals surface area (Å²) in [4.78, 5) is 2.69. The number of aromatic nitrogens is 2. The molecule has 3 heterocycles. The zero-order valence-corrected chi connectivity index (χ0v) is 33.3. The highest BCUT2D eigenvalue weighted by molar-refractivity contribution is 8.00. The highest BCUT2D eigenvalue weighted by atomic mass is 32.2. The van der Waals surface area contributed by atoms with Crippen LogP contribution in [0.4, 0.5) is 0 Å². The van der Waals surface area contributed by atoms with Crippen molar-refractivity contribution in [1.29, 1.82) is 0 Å². The van der Waals surface area contributed by atoms with Crippen LogP contribution in [0.25, 0.3) is 55.0 Å². The Morgan fingerprint density at radius 3 is 1.78 bits per heavy atom. The summed E-state index contributed by atoms with van der Waals surface area (Å²) in [7, 11) is 0. The van der Waals surface area contributed by atoms with Gasteiger partial charge >= 0.3 is 0 Å². The van der Waals surface area contributed by atoms with E-state index in [4.69, 9.17) is 0 Å². The lowest BCUT2D eigenvalue weighted by molar-refractivity contribution is 0.812. The number of hydrogen-bond donors (Lipinski definition) is 0. The Balaban J connectivity index is 1.27. The van der Waals surface area contributed by atoms with Crippen LogP contribution in [-0.2, 0) is 0 Å². The number of nitrogens with zero attached hydrogens (tertiary/aromatic N) is 2. The van der Waals surface area contributed by atoms with E-state index >= 15 is 0 Å². The van der Waals surface area contributed by atoms with Gasteiger partial charge < -0.3 is 9.13 Å². The van der Waals surface area contributed by atoms with Crippen molar-refractivity contribution < 1.29 is 0 Å². The van der Waals surface area contributed by atoms with E-state index in [0.29, 0.717) is 17.8 Å². The minimum Gasteiger partial charge on any atom is -0.309 e. The molecule has 1 aliphatic rings. The van der Waals surface area contributed by atoms with Crippen LogP contribution < -0.4 is 16.4 Å². The normalized spacial score (nSPS) is 12.9. The molecule has 0 aliphatic carbocycles. The Bertz CT molecular complexity index is 2920. The molecule has 2 aromatic heterocycles. The van der Waals surface area contributed by atoms with Crippen LogP contribution in [0.5, 0.6) is 0 Å². The predicted octanol–water partition coefficient (Wildman–Crippen LogP) is 12.2. The molecule has 4 heteroatoms. The summed E-state index contributed by atoms with van der Waals surface area (Å²) >= 11 is 1.93. The number of fused-ring (bicyclic) bond motifs is 9. The average molecular weight is 729 g/mol. The van der Waals surface area contributed by atoms with E-state index in [0.717, 1.165) is 0 Å². The minimum atomic E-state index is 0.159. The molecule has 0 saturated carbocycles. The maximum Gasteiger partial charge on any atom is 0.244 e. The molecule has 1 aliphatic heterocycles. The van der Waals surface area contributed by atoms with Gasteiger partial charge in [-0.2, -0.15) is 0 Å². The smallest absolute Gasteiger partial charge is 0.244 e. The fourth-order valence-electron chi connectivity index (χ4n) is 9.37. The topological polar surface area (TPSA) is 9.86 Å². The molecule has 0 bridgehead atoms. The van der Waals surface area contributed by atoms with Crippen molar-refractivity contribution in [3.8, 4) is 11.4 Å². The Hall–Kier alpha value is -5.45. The standard InChI is InChI=1S/C51H45BN2S/c1-31(2)34-28-40(32(3)4)50(41(29-34)33(5)6)52-42-20-12-15-23-47(42)55-48-30-36(24-26-43(48)52)54-44-21-13-10-18-37(44)38-25-27-46-49(51(38)54)39-19-11-14-22-45(39)53(46)35-16-8-7-9-17-35/h7-33H,1-6H3. The third kappa shape index (κ3) is 5.25. The third-order valence-electron chi connectivity index (χ3n) is 12.0. The lowest BCUT2D eigenvalue weighted by Gasteiger charge is -2.32. The van der Waals surface area contributed by atoms with Gasteiger partial charge in [-0.15, -0.1) is 0 Å². The first-order valence-corrected chi connectivity index (χ1v) is 20.7. The molecule has 0 atom stereocenters. The maximum absolute atomic E-state index is 2.54. The van der Waals surface area contributed by atoms with Crippen molar-refractivity contribution in [3.63, 3.8) is 0 Å². The zero-order valence-electron chi connectivity index (χ0n) is 32.5. The van der Waals surface area contributed by atoms with Gasteiger partial charge in [0.25, 0.3) is 0 Å². The van der Waals surface area contributed by atoms with Gasteiger partial charge in [-0.05, 0) is 83.0 Å². The SMILES string of the molecule is CC(C)c1cc(C(C)C)c(B2c3ccccc3Sc3cc(-n4c5ccccc5c5ccc6c(c7ccccc7n6-c6ccccc6)c54)ccc32)c(C(C)C)c1. The lowest BCUT2D eigenvalue weighted by atomic mass is 9.34. The van der Waals surface area contributed by atoms with Crippen molar-refractivity contribution in [2.24, 2.45) is 0 Å². The summed E-state index contributed by atoms with van der Waals surface area (Å²) in [5, 5.41) is 5.11. The van der Waals surface area contributed by atoms with Crippen LogP contribution in [0.1, 0.15) is 76.0 Å². The Labute approximate surface area is 328 Å². The molecule has 7 aromatic carbocycles. The second-order valence-electron chi connectivity index (χ2n) is 16.3. The lowest BCUT2D eigenvalue weighted by Crippen LogP contribution is -2.57. The molecule has 268 valence electrons. The van der Waals surface area contributed by atoms with E-state index in [1.165, 1.54) is 97.9 Å². The predicted molar refractivity (Wildman–Crippen MR) is 239 cm³/mol. The van der Waals surface area contributed by atoms with E-state index in [-0.39, 0.29) is 6.71 Å². The summed E-state index contributed by atoms with van der Waals surface area (Å²) in [5.74, 6) is 1.30. The quantitative estimate of drug-likeness (QED) is 0.155. The molecule has 0 unspecified atom stereocenters. The maximum atomic E-state index is 2.54.